The van der Waals surface area contributed by atoms with Gasteiger partial charge in [-0.25, -0.2) is 0 Å². The number of nitrogens with one attached hydrogen (secondary N) is 2. The molecule has 0 aromatic heterocycles. The van der Waals surface area contributed by atoms with Gasteiger partial charge in [0.15, 0.2) is 0 Å². The van der Waals surface area contributed by atoms with Crippen LogP contribution in [-0.4, -0.2) is 60.6 Å². The van der Waals surface area contributed by atoms with Crippen LogP contribution >= 0.6 is 0 Å². The maximum absolute atomic E-state index is 11.7. The van der Waals surface area contributed by atoms with Gasteiger partial charge >= 0.3 is 5.97 Å². The van der Waals surface area contributed by atoms with E-state index < -0.39 is 5.97 Å². The summed E-state index contributed by atoms with van der Waals surface area (Å²) in [6.45, 7) is 5.70. The lowest BCUT2D eigenvalue weighted by Crippen LogP contribution is -2.44. The summed E-state index contributed by atoms with van der Waals surface area (Å²) in [5.74, 6) is -0.842. The van der Waals surface area contributed by atoms with Gasteiger partial charge in [0.05, 0.1) is 6.54 Å². The zero-order valence-electron chi connectivity index (χ0n) is 10.9. The van der Waals surface area contributed by atoms with Gasteiger partial charge in [-0.15, -0.1) is 0 Å². The molecule has 104 valence electrons. The van der Waals surface area contributed by atoms with Crippen LogP contribution in [0.15, 0.2) is 0 Å². The summed E-state index contributed by atoms with van der Waals surface area (Å²) in [5.41, 5.74) is 0. The van der Waals surface area contributed by atoms with Gasteiger partial charge in [-0.1, -0.05) is 6.92 Å². The number of amides is 1. The number of carboxylic acids is 1. The summed E-state index contributed by atoms with van der Waals surface area (Å²) in [6, 6.07) is 0.444. The minimum atomic E-state index is -0.823. The van der Waals surface area contributed by atoms with E-state index in [0.717, 1.165) is 26.1 Å². The first-order valence-electron chi connectivity index (χ1n) is 6.56. The Morgan fingerprint density at radius 3 is 2.83 bits per heavy atom. The van der Waals surface area contributed by atoms with Gasteiger partial charge in [0, 0.05) is 25.6 Å². The highest BCUT2D eigenvalue weighted by atomic mass is 16.4. The Bertz CT molecular complexity index is 278. The van der Waals surface area contributed by atoms with E-state index in [-0.39, 0.29) is 12.3 Å². The molecule has 1 unspecified atom stereocenters. The van der Waals surface area contributed by atoms with E-state index >= 15 is 0 Å². The molecule has 1 aliphatic heterocycles. The van der Waals surface area contributed by atoms with Gasteiger partial charge in [0.1, 0.15) is 0 Å². The van der Waals surface area contributed by atoms with Crippen LogP contribution in [0.1, 0.15) is 26.2 Å². The van der Waals surface area contributed by atoms with Crippen molar-refractivity contribution in [3.63, 3.8) is 0 Å². The summed E-state index contributed by atoms with van der Waals surface area (Å²) in [6.07, 6.45) is 1.67. The molecule has 1 amide bonds. The minimum absolute atomic E-state index is 0.0193. The maximum atomic E-state index is 11.7. The lowest BCUT2D eigenvalue weighted by molar-refractivity contribution is -0.137. The number of carbonyl (C=O) groups is 2. The van der Waals surface area contributed by atoms with Crippen LogP contribution in [0.3, 0.4) is 0 Å². The fourth-order valence-electron chi connectivity index (χ4n) is 2.16. The highest BCUT2D eigenvalue weighted by Gasteiger charge is 2.22. The summed E-state index contributed by atoms with van der Waals surface area (Å²) in [7, 11) is 0. The fraction of sp³-hybridized carbons (Fsp3) is 0.833. The quantitative estimate of drug-likeness (QED) is 0.518. The summed E-state index contributed by atoms with van der Waals surface area (Å²) in [4.78, 5) is 24.2. The first-order chi connectivity index (χ1) is 8.63. The van der Waals surface area contributed by atoms with Crippen molar-refractivity contribution < 1.29 is 14.7 Å². The van der Waals surface area contributed by atoms with Crippen LogP contribution in [0.2, 0.25) is 0 Å². The van der Waals surface area contributed by atoms with Crippen LogP contribution < -0.4 is 10.6 Å². The Balaban J connectivity index is 2.18. The van der Waals surface area contributed by atoms with E-state index in [1.165, 1.54) is 0 Å². The first kappa shape index (κ1) is 14.9. The topological polar surface area (TPSA) is 81.7 Å². The number of rotatable bonds is 8. The molecule has 0 bridgehead atoms. The Morgan fingerprint density at radius 1 is 1.50 bits per heavy atom. The molecule has 18 heavy (non-hydrogen) atoms. The van der Waals surface area contributed by atoms with Gasteiger partial charge in [-0.3, -0.25) is 14.5 Å². The molecule has 1 saturated heterocycles. The van der Waals surface area contributed by atoms with Gasteiger partial charge < -0.3 is 15.7 Å². The van der Waals surface area contributed by atoms with Gasteiger partial charge in [-0.2, -0.15) is 0 Å². The fourth-order valence-corrected chi connectivity index (χ4v) is 2.16. The second kappa shape index (κ2) is 8.05. The van der Waals surface area contributed by atoms with Crippen LogP contribution in [0.25, 0.3) is 0 Å². The van der Waals surface area contributed by atoms with E-state index in [4.69, 9.17) is 5.11 Å². The highest BCUT2D eigenvalue weighted by Crippen LogP contribution is 2.07. The molecule has 0 saturated carbocycles. The third-order valence-electron chi connectivity index (χ3n) is 3.19. The standard InChI is InChI=1S/C12H23N3O3/c1-2-15(10-5-7-13-8-10)9-11(16)14-6-3-4-12(17)18/h10,13H,2-9H2,1H3,(H,14,16)(H,17,18). The second-order valence-electron chi connectivity index (χ2n) is 4.56. The molecule has 3 N–H and O–H groups in total. The number of hydrogen-bond acceptors (Lipinski definition) is 4. The third kappa shape index (κ3) is 5.46. The van der Waals surface area contributed by atoms with Crippen molar-refractivity contribution in [2.75, 3.05) is 32.7 Å². The molecule has 1 aliphatic rings. The predicted octanol–water partition coefficient (Wildman–Crippen LogP) is -0.349. The molecule has 0 aromatic rings. The molecule has 0 aliphatic carbocycles. The Hall–Kier alpha value is -1.14. The lowest BCUT2D eigenvalue weighted by Gasteiger charge is -2.26. The van der Waals surface area contributed by atoms with Crippen molar-refractivity contribution in [2.24, 2.45) is 0 Å². The number of nitrogens with zero attached hydrogens (tertiary/aromatic N) is 1. The van der Waals surface area contributed by atoms with Crippen molar-refractivity contribution in [1.82, 2.24) is 15.5 Å². The molecule has 1 heterocycles. The van der Waals surface area contributed by atoms with E-state index in [0.29, 0.717) is 25.6 Å². The average molecular weight is 257 g/mol. The average Bonchev–Trinajstić information content (AvgIpc) is 2.85. The van der Waals surface area contributed by atoms with Crippen LogP contribution in [0.5, 0.6) is 0 Å². The summed E-state index contributed by atoms with van der Waals surface area (Å²) in [5, 5.41) is 14.5. The SMILES string of the molecule is CCN(CC(=O)NCCCC(=O)O)C1CCNC1. The second-order valence-corrected chi connectivity index (χ2v) is 4.56. The number of carboxylic acid groups (broad SMARTS) is 1. The number of carbonyl (C=O) groups excluding carboxylic acids is 1. The summed E-state index contributed by atoms with van der Waals surface area (Å²) >= 11 is 0. The van der Waals surface area contributed by atoms with Crippen LogP contribution in [0.4, 0.5) is 0 Å². The Kier molecular flexibility index (Phi) is 6.67. The molecule has 0 radical (unpaired) electrons. The van der Waals surface area contributed by atoms with Crippen molar-refractivity contribution in [3.8, 4) is 0 Å². The molecule has 1 rings (SSSR count). The van der Waals surface area contributed by atoms with E-state index in [2.05, 4.69) is 22.5 Å². The molecule has 6 heteroatoms. The van der Waals surface area contributed by atoms with E-state index in [1.807, 2.05) is 0 Å². The molecule has 1 atom stereocenters. The molecular weight excluding hydrogens is 234 g/mol. The van der Waals surface area contributed by atoms with Crippen molar-refractivity contribution in [1.29, 1.82) is 0 Å². The zero-order chi connectivity index (χ0) is 13.4. The van der Waals surface area contributed by atoms with Crippen LogP contribution in [-0.2, 0) is 9.59 Å². The van der Waals surface area contributed by atoms with Crippen LogP contribution in [0, 0.1) is 0 Å². The van der Waals surface area contributed by atoms with Crippen molar-refractivity contribution >= 4 is 11.9 Å². The van der Waals surface area contributed by atoms with E-state index in [1.54, 1.807) is 0 Å². The van der Waals surface area contributed by atoms with Gasteiger partial charge in [0.2, 0.25) is 5.91 Å². The largest absolute Gasteiger partial charge is 0.481 e. The smallest absolute Gasteiger partial charge is 0.303 e. The highest BCUT2D eigenvalue weighted by molar-refractivity contribution is 5.78. The Morgan fingerprint density at radius 2 is 2.28 bits per heavy atom. The van der Waals surface area contributed by atoms with Crippen molar-refractivity contribution in [3.05, 3.63) is 0 Å². The first-order valence-corrected chi connectivity index (χ1v) is 6.56. The number of hydrogen-bond donors (Lipinski definition) is 3. The predicted molar refractivity (Wildman–Crippen MR) is 68.4 cm³/mol. The summed E-state index contributed by atoms with van der Waals surface area (Å²) < 4.78 is 0. The van der Waals surface area contributed by atoms with Crippen molar-refractivity contribution in [2.45, 2.75) is 32.2 Å². The monoisotopic (exact) mass is 257 g/mol. The van der Waals surface area contributed by atoms with Gasteiger partial charge in [0.25, 0.3) is 0 Å². The van der Waals surface area contributed by atoms with E-state index in [9.17, 15) is 9.59 Å². The molecule has 6 nitrogen and oxygen atoms in total. The normalized spacial score (nSPS) is 19.1. The Labute approximate surface area is 108 Å². The maximum Gasteiger partial charge on any atom is 0.303 e. The lowest BCUT2D eigenvalue weighted by atomic mass is 10.2. The molecular formula is C12H23N3O3. The number of aliphatic carboxylic acids is 1. The molecule has 0 spiro atoms. The third-order valence-corrected chi connectivity index (χ3v) is 3.19. The zero-order valence-corrected chi connectivity index (χ0v) is 10.9. The minimum Gasteiger partial charge on any atom is -0.481 e. The molecule has 0 aromatic carbocycles. The molecule has 1 fully saturated rings. The number of likely N-dealkylation sites (N-methyl/N-ethyl adjacent to an activating group) is 1. The van der Waals surface area contributed by atoms with Gasteiger partial charge in [-0.05, 0) is 25.9 Å².